The number of nitrogens with two attached hydrogens (primary N) is 2. The average molecular weight is 1530 g/mol. The summed E-state index contributed by atoms with van der Waals surface area (Å²) in [4.78, 5) is 101. The van der Waals surface area contributed by atoms with Gasteiger partial charge in [-0.3, -0.25) is 28.8 Å². The Morgan fingerprint density at radius 1 is 0.500 bits per heavy atom. The van der Waals surface area contributed by atoms with Gasteiger partial charge in [0.05, 0.1) is 58.6 Å². The number of carboxylic acids is 5. The molecule has 0 fully saturated rings. The van der Waals surface area contributed by atoms with Crippen LogP contribution in [0.4, 0.5) is 22.7 Å². The molecule has 0 saturated heterocycles. The van der Waals surface area contributed by atoms with E-state index in [-0.39, 0.29) is 47.5 Å². The fourth-order valence-corrected chi connectivity index (χ4v) is 10.9. The van der Waals surface area contributed by atoms with E-state index in [1.807, 2.05) is 132 Å². The molecule has 22 nitrogen and oxygen atoms in total. The monoisotopic (exact) mass is 1530 g/mol. The number of anilines is 4. The third-order valence-electron chi connectivity index (χ3n) is 17.5. The van der Waals surface area contributed by atoms with Gasteiger partial charge < -0.3 is 62.0 Å². The number of hydrogen-bond acceptors (Lipinski definition) is 15. The van der Waals surface area contributed by atoms with Crippen molar-refractivity contribution in [2.45, 2.75) is 116 Å². The number of ether oxygens (including phenoxy) is 1. The molecular weight excluding hydrogens is 1440 g/mol. The lowest BCUT2D eigenvalue weighted by molar-refractivity contribution is -0.137. The van der Waals surface area contributed by atoms with Crippen LogP contribution in [0.2, 0.25) is 0 Å². The number of ketones is 1. The number of carboxylic acid groups (broad SMARTS) is 5. The molecule has 11 rings (SSSR count). The molecular formula is C81H84IN5O17. The quantitative estimate of drug-likeness (QED) is 0.0103. The van der Waals surface area contributed by atoms with Gasteiger partial charge in [-0.25, -0.2) is 14.4 Å². The number of carbonyl (C=O) groups excluding carboxylic acids is 3. The van der Waals surface area contributed by atoms with Gasteiger partial charge in [0.25, 0.3) is 11.7 Å². The van der Waals surface area contributed by atoms with E-state index in [9.17, 15) is 48.3 Å². The first-order valence-electron chi connectivity index (χ1n) is 32.3. The molecule has 0 unspecified atom stereocenters. The first-order valence-corrected chi connectivity index (χ1v) is 33.4. The standard InChI is InChI=1S/C17H16O5.C17H14O4.C11H14N2O2.C10H9NO2.C9H9IO2.C9H11NO2.C8H11N/c1-10-7-8-13(17(20)21)16(11(10)2)22-14-6-4-3-5-12(14)9-15(18)19;1-9-6-7-13-15(20)12-5-3-4-11(8-14(18)19)17(12)21-16(13)10(9)2;1-8-4-3-5-10(9(8)2)13-11(14)6-7-12-15;1-5-3-4-7-8(6(5)2)11-10(13)9(7)12;2*1-5-3-4-7(9(11)12)8(10)6(5)2;1-6-4-3-5-8(9)7(6)2/h3-8H,9H2,1-2H3,(H,18,19)(H,20,21);3-7H,8H2,1-2H3,(H,18,19);3-5,7,15H,6H2,1-2H3,(H,13,14);3-4H,1-2H3,(H,11,12,13);3-4H,1-2H3,(H,11,12);3-4H,10H2,1-2H3,(H,11,12);3-5H,9H2,1-2H3. The molecule has 9 aromatic carbocycles. The number of oxime groups is 1. The molecule has 0 radical (unpaired) electrons. The fourth-order valence-electron chi connectivity index (χ4n) is 10.1. The highest BCUT2D eigenvalue weighted by molar-refractivity contribution is 14.1. The molecule has 1 aliphatic heterocycles. The number of benzene rings is 9. The maximum Gasteiger partial charge on any atom is 0.339 e. The topological polar surface area (TPSA) is 386 Å². The molecule has 2 heterocycles. The lowest BCUT2D eigenvalue weighted by Crippen LogP contribution is -2.12. The predicted octanol–water partition coefficient (Wildman–Crippen LogP) is 16.2. The summed E-state index contributed by atoms with van der Waals surface area (Å²) in [6, 6.07) is 40.6. The maximum absolute atomic E-state index is 12.6. The van der Waals surface area contributed by atoms with Crippen molar-refractivity contribution < 1.29 is 78.3 Å². The van der Waals surface area contributed by atoms with Gasteiger partial charge in [-0.05, 0) is 252 Å². The normalized spacial score (nSPS) is 10.8. The van der Waals surface area contributed by atoms with E-state index in [4.69, 9.17) is 46.3 Å². The number of aryl methyl sites for hydroxylation is 8. The molecule has 2 amide bonds. The number of rotatable bonds is 12. The minimum atomic E-state index is -1.09. The summed E-state index contributed by atoms with van der Waals surface area (Å²) >= 11 is 2.06. The largest absolute Gasteiger partial charge is 0.481 e. The number of para-hydroxylation sites is 2. The summed E-state index contributed by atoms with van der Waals surface area (Å²) in [5.41, 5.74) is 31.1. The number of aliphatic carboxylic acids is 2. The molecule has 23 heteroatoms. The number of nitrogens with zero attached hydrogens (tertiary/aromatic N) is 1. The number of nitrogens with one attached hydrogen (secondary N) is 2. The number of carbonyl (C=O) groups is 8. The molecule has 542 valence electrons. The molecule has 12 N–H and O–H groups in total. The summed E-state index contributed by atoms with van der Waals surface area (Å²) in [5.74, 6) is -5.41. The minimum Gasteiger partial charge on any atom is -0.481 e. The molecule has 0 spiro atoms. The minimum absolute atomic E-state index is 0.0493. The van der Waals surface area contributed by atoms with E-state index in [0.717, 1.165) is 82.4 Å². The molecule has 0 saturated carbocycles. The number of fused-ring (bicyclic) bond motifs is 3. The van der Waals surface area contributed by atoms with Crippen molar-refractivity contribution in [3.63, 3.8) is 0 Å². The van der Waals surface area contributed by atoms with Crippen LogP contribution in [0.15, 0.2) is 154 Å². The van der Waals surface area contributed by atoms with Crippen molar-refractivity contribution >= 4 is 121 Å². The first-order chi connectivity index (χ1) is 48.9. The van der Waals surface area contributed by atoms with Crippen LogP contribution in [-0.4, -0.2) is 84.4 Å². The highest BCUT2D eigenvalue weighted by Crippen LogP contribution is 2.34. The first kappa shape index (κ1) is 82.7. The molecule has 0 bridgehead atoms. The Morgan fingerprint density at radius 2 is 0.981 bits per heavy atom. The van der Waals surface area contributed by atoms with E-state index in [2.05, 4.69) is 51.4 Å². The molecule has 0 atom stereocenters. The highest BCUT2D eigenvalue weighted by Gasteiger charge is 2.29. The van der Waals surface area contributed by atoms with Crippen LogP contribution < -0.4 is 32.3 Å². The van der Waals surface area contributed by atoms with Gasteiger partial charge in [-0.15, -0.1) is 5.16 Å². The molecule has 10 aromatic rings. The van der Waals surface area contributed by atoms with Gasteiger partial charge in [0.1, 0.15) is 28.2 Å². The molecule has 0 aliphatic carbocycles. The van der Waals surface area contributed by atoms with E-state index in [1.54, 1.807) is 79.7 Å². The van der Waals surface area contributed by atoms with Crippen LogP contribution in [0.1, 0.15) is 137 Å². The molecule has 104 heavy (non-hydrogen) atoms. The lowest BCUT2D eigenvalue weighted by atomic mass is 10.0. The summed E-state index contributed by atoms with van der Waals surface area (Å²) in [5, 5.41) is 61.9. The zero-order valence-corrected chi connectivity index (χ0v) is 62.3. The van der Waals surface area contributed by atoms with Crippen LogP contribution in [0.3, 0.4) is 0 Å². The second kappa shape index (κ2) is 37.6. The summed E-state index contributed by atoms with van der Waals surface area (Å²) < 4.78 is 12.5. The Morgan fingerprint density at radius 3 is 1.57 bits per heavy atom. The Hall–Kier alpha value is -12.0. The van der Waals surface area contributed by atoms with Gasteiger partial charge in [0.15, 0.2) is 0 Å². The fraction of sp³-hybridized carbons (Fsp3) is 0.210. The Bertz CT molecular complexity index is 4970. The van der Waals surface area contributed by atoms with Crippen molar-refractivity contribution in [2.75, 3.05) is 22.1 Å². The van der Waals surface area contributed by atoms with Crippen LogP contribution in [0.5, 0.6) is 11.5 Å². The number of amides is 2. The SMILES string of the molecule is Cc1ccc(C(=O)O)c(I)c1C.Cc1ccc(C(=O)O)c(N)c1C.Cc1ccc(C(=O)O)c(Oc2ccccc2CC(=O)O)c1C.Cc1ccc2c(=O)c3cccc(CC(=O)O)c3oc2c1C.Cc1ccc2c(c1C)NC(=O)C2=O.Cc1cccc(N)c1C.Cc1cccc(NC(=O)CC=NO)c1C. The summed E-state index contributed by atoms with van der Waals surface area (Å²) in [6.07, 6.45) is 0.866. The van der Waals surface area contributed by atoms with Crippen LogP contribution in [0, 0.1) is 101 Å². The maximum atomic E-state index is 12.6. The third kappa shape index (κ3) is 21.5. The van der Waals surface area contributed by atoms with Gasteiger partial charge in [0.2, 0.25) is 11.3 Å². The van der Waals surface area contributed by atoms with Crippen LogP contribution in [0.25, 0.3) is 21.9 Å². The Labute approximate surface area is 615 Å². The highest BCUT2D eigenvalue weighted by atomic mass is 127. The number of nitrogen functional groups attached to an aromatic ring is 2. The van der Waals surface area contributed by atoms with Crippen LogP contribution >= 0.6 is 22.6 Å². The second-order valence-electron chi connectivity index (χ2n) is 24.4. The van der Waals surface area contributed by atoms with E-state index < -0.39 is 41.5 Å². The number of halogens is 1. The van der Waals surface area contributed by atoms with Gasteiger partial charge in [-0.2, -0.15) is 0 Å². The van der Waals surface area contributed by atoms with Gasteiger partial charge in [-0.1, -0.05) is 84.9 Å². The van der Waals surface area contributed by atoms with Crippen molar-refractivity contribution in [3.8, 4) is 11.5 Å². The molecule has 1 aromatic heterocycles. The van der Waals surface area contributed by atoms with E-state index >= 15 is 0 Å². The van der Waals surface area contributed by atoms with Crippen molar-refractivity contribution in [3.05, 3.63) is 265 Å². The molecule has 1 aliphatic rings. The number of Topliss-reactive ketones (excluding diaryl/α,β-unsaturated/α-hetero) is 1. The summed E-state index contributed by atoms with van der Waals surface area (Å²) in [7, 11) is 0. The summed E-state index contributed by atoms with van der Waals surface area (Å²) in [6.45, 7) is 27.0. The van der Waals surface area contributed by atoms with Gasteiger partial charge >= 0.3 is 29.8 Å². The van der Waals surface area contributed by atoms with Crippen molar-refractivity contribution in [1.82, 2.24) is 0 Å². The zero-order valence-electron chi connectivity index (χ0n) is 60.1. The van der Waals surface area contributed by atoms with Crippen LogP contribution in [-0.2, 0) is 32.0 Å². The Balaban J connectivity index is 0.000000222. The van der Waals surface area contributed by atoms with Crippen molar-refractivity contribution in [1.29, 1.82) is 0 Å². The second-order valence-corrected chi connectivity index (χ2v) is 25.5. The smallest absolute Gasteiger partial charge is 0.339 e. The predicted molar refractivity (Wildman–Crippen MR) is 413 cm³/mol. The third-order valence-corrected chi connectivity index (χ3v) is 18.8. The van der Waals surface area contributed by atoms with E-state index in [1.165, 1.54) is 23.3 Å². The average Bonchev–Trinajstić information content (AvgIpc) is 0.844. The Kier molecular flexibility index (Phi) is 29.9. The number of hydrogen-bond donors (Lipinski definition) is 10. The lowest BCUT2D eigenvalue weighted by Gasteiger charge is -2.15. The number of aromatic carboxylic acids is 3. The van der Waals surface area contributed by atoms with Crippen molar-refractivity contribution in [2.24, 2.45) is 5.16 Å². The zero-order chi connectivity index (χ0) is 77.7. The van der Waals surface area contributed by atoms with E-state index in [0.29, 0.717) is 66.9 Å². The van der Waals surface area contributed by atoms with Gasteiger partial charge in [0, 0.05) is 31.8 Å².